The molecule has 2 aliphatic heterocycles. The minimum Gasteiger partial charge on any atom is -0.375 e. The topological polar surface area (TPSA) is 84.7 Å². The molecule has 0 aromatic rings. The number of hydrogen-bond donors (Lipinski definition) is 2. The molecule has 0 saturated carbocycles. The number of nitrogens with one attached hydrogen (secondary N) is 1. The predicted molar refractivity (Wildman–Crippen MR) is 77.6 cm³/mol. The first-order valence-electron chi connectivity index (χ1n) is 6.99. The smallest absolute Gasteiger partial charge is 0.225 e. The molecule has 3 unspecified atom stereocenters. The molecule has 2 amide bonds. The molecule has 3 N–H and O–H groups in total. The van der Waals surface area contributed by atoms with E-state index in [4.69, 9.17) is 10.5 Å². The van der Waals surface area contributed by atoms with Crippen molar-refractivity contribution < 1.29 is 14.3 Å². The van der Waals surface area contributed by atoms with Crippen LogP contribution in [0, 0.1) is 5.92 Å². The Kier molecular flexibility index (Phi) is 6.71. The molecule has 116 valence electrons. The molecular formula is C13H24ClN3O3. The number of primary amides is 1. The van der Waals surface area contributed by atoms with E-state index in [1.54, 1.807) is 4.90 Å². The van der Waals surface area contributed by atoms with Crippen molar-refractivity contribution in [3.63, 3.8) is 0 Å². The molecule has 3 atom stereocenters. The van der Waals surface area contributed by atoms with E-state index in [0.29, 0.717) is 26.1 Å². The third kappa shape index (κ3) is 4.33. The van der Waals surface area contributed by atoms with Crippen LogP contribution in [0.4, 0.5) is 0 Å². The number of nitrogens with two attached hydrogens (primary N) is 1. The van der Waals surface area contributed by atoms with Gasteiger partial charge < -0.3 is 20.7 Å². The summed E-state index contributed by atoms with van der Waals surface area (Å²) in [4.78, 5) is 25.4. The van der Waals surface area contributed by atoms with Crippen molar-refractivity contribution in [1.29, 1.82) is 0 Å². The first-order chi connectivity index (χ1) is 9.08. The average Bonchev–Trinajstić information content (AvgIpc) is 2.40. The third-order valence-electron chi connectivity index (χ3n) is 4.01. The maximum Gasteiger partial charge on any atom is 0.225 e. The van der Waals surface area contributed by atoms with Crippen LogP contribution in [0.15, 0.2) is 0 Å². The molecule has 20 heavy (non-hydrogen) atoms. The monoisotopic (exact) mass is 305 g/mol. The molecule has 2 fully saturated rings. The highest BCUT2D eigenvalue weighted by Gasteiger charge is 2.32. The molecule has 0 aromatic carbocycles. The summed E-state index contributed by atoms with van der Waals surface area (Å²) in [5.74, 6) is -0.446. The second-order valence-electron chi connectivity index (χ2n) is 5.47. The van der Waals surface area contributed by atoms with Crippen molar-refractivity contribution in [1.82, 2.24) is 10.2 Å². The van der Waals surface area contributed by atoms with Crippen LogP contribution in [0.2, 0.25) is 0 Å². The van der Waals surface area contributed by atoms with E-state index in [9.17, 15) is 9.59 Å². The minimum atomic E-state index is -0.305. The number of nitrogens with zero attached hydrogens (tertiary/aromatic N) is 1. The van der Waals surface area contributed by atoms with Gasteiger partial charge in [0.1, 0.15) is 0 Å². The molecule has 7 heteroatoms. The van der Waals surface area contributed by atoms with Crippen LogP contribution >= 0.6 is 12.4 Å². The Balaban J connectivity index is 0.00000200. The molecule has 0 radical (unpaired) electrons. The van der Waals surface area contributed by atoms with Gasteiger partial charge in [0.25, 0.3) is 0 Å². The van der Waals surface area contributed by atoms with Gasteiger partial charge in [-0.2, -0.15) is 0 Å². The van der Waals surface area contributed by atoms with E-state index in [1.165, 1.54) is 0 Å². The number of rotatable bonds is 3. The fourth-order valence-corrected chi connectivity index (χ4v) is 2.75. The third-order valence-corrected chi connectivity index (χ3v) is 4.01. The molecule has 2 saturated heterocycles. The Hall–Kier alpha value is -0.850. The summed E-state index contributed by atoms with van der Waals surface area (Å²) in [6.45, 7) is 4.68. The molecule has 2 heterocycles. The minimum absolute atomic E-state index is 0. The van der Waals surface area contributed by atoms with Gasteiger partial charge in [0.05, 0.1) is 25.0 Å². The van der Waals surface area contributed by atoms with E-state index in [2.05, 4.69) is 5.32 Å². The summed E-state index contributed by atoms with van der Waals surface area (Å²) in [6.07, 6.45) is 1.94. The number of morpholine rings is 1. The van der Waals surface area contributed by atoms with Crippen LogP contribution in [-0.2, 0) is 14.3 Å². The summed E-state index contributed by atoms with van der Waals surface area (Å²) in [5, 5.41) is 3.21. The van der Waals surface area contributed by atoms with Gasteiger partial charge in [-0.25, -0.2) is 0 Å². The molecular weight excluding hydrogens is 282 g/mol. The van der Waals surface area contributed by atoms with Gasteiger partial charge in [-0.3, -0.25) is 9.59 Å². The van der Waals surface area contributed by atoms with Crippen LogP contribution in [-0.4, -0.2) is 55.1 Å². The van der Waals surface area contributed by atoms with Crippen molar-refractivity contribution >= 4 is 24.2 Å². The van der Waals surface area contributed by atoms with Crippen LogP contribution < -0.4 is 11.1 Å². The van der Waals surface area contributed by atoms with Gasteiger partial charge in [0.15, 0.2) is 0 Å². The standard InChI is InChI=1S/C13H23N3O3.ClH/c1-9-2-3-10(13(14)18)8-16(9)12(17)6-11-7-15-4-5-19-11;/h9-11,15H,2-8H2,1H3,(H2,14,18);1H. The Morgan fingerprint density at radius 3 is 2.75 bits per heavy atom. The van der Waals surface area contributed by atoms with Crippen molar-refractivity contribution in [3.05, 3.63) is 0 Å². The number of amides is 2. The molecule has 0 aromatic heterocycles. The molecule has 0 bridgehead atoms. The van der Waals surface area contributed by atoms with E-state index in [1.807, 2.05) is 6.92 Å². The number of piperidine rings is 1. The Labute approximate surface area is 125 Å². The van der Waals surface area contributed by atoms with E-state index in [-0.39, 0.29) is 42.3 Å². The normalized spacial score (nSPS) is 30.4. The number of likely N-dealkylation sites (tertiary alicyclic amines) is 1. The van der Waals surface area contributed by atoms with Crippen molar-refractivity contribution in [3.8, 4) is 0 Å². The molecule has 2 rings (SSSR count). The van der Waals surface area contributed by atoms with Gasteiger partial charge in [-0.1, -0.05) is 0 Å². The maximum absolute atomic E-state index is 12.3. The zero-order chi connectivity index (χ0) is 13.8. The van der Waals surface area contributed by atoms with Gasteiger partial charge in [-0.15, -0.1) is 12.4 Å². The number of halogens is 1. The van der Waals surface area contributed by atoms with Crippen LogP contribution in [0.5, 0.6) is 0 Å². The lowest BCUT2D eigenvalue weighted by Gasteiger charge is -2.38. The van der Waals surface area contributed by atoms with E-state index >= 15 is 0 Å². The first kappa shape index (κ1) is 17.2. The Morgan fingerprint density at radius 2 is 2.15 bits per heavy atom. The number of ether oxygens (including phenoxy) is 1. The van der Waals surface area contributed by atoms with Crippen molar-refractivity contribution in [2.75, 3.05) is 26.2 Å². The van der Waals surface area contributed by atoms with E-state index < -0.39 is 0 Å². The highest BCUT2D eigenvalue weighted by Crippen LogP contribution is 2.23. The molecule has 6 nitrogen and oxygen atoms in total. The van der Waals surface area contributed by atoms with E-state index in [0.717, 1.165) is 19.4 Å². The highest BCUT2D eigenvalue weighted by molar-refractivity contribution is 5.85. The second-order valence-corrected chi connectivity index (χ2v) is 5.47. The maximum atomic E-state index is 12.3. The zero-order valence-electron chi connectivity index (χ0n) is 11.8. The summed E-state index contributed by atoms with van der Waals surface area (Å²) in [7, 11) is 0. The van der Waals surface area contributed by atoms with Gasteiger partial charge >= 0.3 is 0 Å². The fourth-order valence-electron chi connectivity index (χ4n) is 2.75. The van der Waals surface area contributed by atoms with Crippen LogP contribution in [0.25, 0.3) is 0 Å². The largest absolute Gasteiger partial charge is 0.375 e. The molecule has 2 aliphatic rings. The summed E-state index contributed by atoms with van der Waals surface area (Å²) in [5.41, 5.74) is 5.35. The lowest BCUT2D eigenvalue weighted by molar-refractivity contribution is -0.140. The highest BCUT2D eigenvalue weighted by atomic mass is 35.5. The molecule has 0 aliphatic carbocycles. The summed E-state index contributed by atoms with van der Waals surface area (Å²) in [6, 6.07) is 0.180. The first-order valence-corrected chi connectivity index (χ1v) is 6.99. The Morgan fingerprint density at radius 1 is 1.40 bits per heavy atom. The second kappa shape index (κ2) is 7.81. The SMILES string of the molecule is CC1CCC(C(N)=O)CN1C(=O)CC1CNCCO1.Cl. The quantitative estimate of drug-likeness (QED) is 0.762. The zero-order valence-corrected chi connectivity index (χ0v) is 12.7. The van der Waals surface area contributed by atoms with Crippen LogP contribution in [0.1, 0.15) is 26.2 Å². The van der Waals surface area contributed by atoms with Crippen LogP contribution in [0.3, 0.4) is 0 Å². The summed E-state index contributed by atoms with van der Waals surface area (Å²) >= 11 is 0. The predicted octanol–water partition coefficient (Wildman–Crippen LogP) is -0.101. The van der Waals surface area contributed by atoms with Crippen molar-refractivity contribution in [2.24, 2.45) is 11.7 Å². The number of hydrogen-bond acceptors (Lipinski definition) is 4. The van der Waals surface area contributed by atoms with Gasteiger partial charge in [0, 0.05) is 25.7 Å². The van der Waals surface area contributed by atoms with Gasteiger partial charge in [-0.05, 0) is 19.8 Å². The molecule has 0 spiro atoms. The average molecular weight is 306 g/mol. The van der Waals surface area contributed by atoms with Gasteiger partial charge in [0.2, 0.25) is 11.8 Å². The lowest BCUT2D eigenvalue weighted by atomic mass is 9.92. The lowest BCUT2D eigenvalue weighted by Crippen LogP contribution is -2.50. The fraction of sp³-hybridized carbons (Fsp3) is 0.846. The summed E-state index contributed by atoms with van der Waals surface area (Å²) < 4.78 is 5.55. The van der Waals surface area contributed by atoms with Crippen molar-refractivity contribution in [2.45, 2.75) is 38.3 Å². The number of carbonyl (C=O) groups is 2. The Bertz CT molecular complexity index is 348. The number of carbonyl (C=O) groups excluding carboxylic acids is 2.